The van der Waals surface area contributed by atoms with E-state index in [-0.39, 0.29) is 10.9 Å². The molecule has 0 saturated carbocycles. The van der Waals surface area contributed by atoms with E-state index in [2.05, 4.69) is 10.6 Å². The monoisotopic (exact) mass is 364 g/mol. The predicted molar refractivity (Wildman–Crippen MR) is 95.8 cm³/mol. The number of nitrogens with one attached hydrogen (secondary N) is 2. The molecule has 1 heterocycles. The van der Waals surface area contributed by atoms with Crippen LogP contribution in [0.2, 0.25) is 5.02 Å². The highest BCUT2D eigenvalue weighted by molar-refractivity contribution is 8.00. The number of carbonyl (C=O) groups is 1. The number of thioether (sulfide) groups is 1. The summed E-state index contributed by atoms with van der Waals surface area (Å²) in [6.45, 7) is 2.55. The Hall–Kier alpha value is -1.56. The predicted octanol–water partition coefficient (Wildman–Crippen LogP) is 3.65. The summed E-state index contributed by atoms with van der Waals surface area (Å²) in [6.07, 6.45) is 0. The standard InChI is InChI=1S/C18H18ClFN2OS/c19-15-8-14(6-7-16(15)20)24-17(13-4-2-1-3-5-13)18(23)22-11-12-9-21-10-12/h1-8,12,17,21H,9-11H2,(H,22,23). The number of benzene rings is 2. The van der Waals surface area contributed by atoms with Crippen LogP contribution in [0, 0.1) is 11.7 Å². The zero-order chi connectivity index (χ0) is 16.9. The van der Waals surface area contributed by atoms with Crippen LogP contribution in [0.5, 0.6) is 0 Å². The smallest absolute Gasteiger partial charge is 0.238 e. The summed E-state index contributed by atoms with van der Waals surface area (Å²) in [5, 5.41) is 5.87. The van der Waals surface area contributed by atoms with Crippen LogP contribution in [-0.2, 0) is 4.79 Å². The fourth-order valence-corrected chi connectivity index (χ4v) is 3.75. The van der Waals surface area contributed by atoms with Gasteiger partial charge < -0.3 is 10.6 Å². The van der Waals surface area contributed by atoms with Gasteiger partial charge in [0.15, 0.2) is 0 Å². The molecule has 2 aromatic carbocycles. The van der Waals surface area contributed by atoms with Gasteiger partial charge in [-0.3, -0.25) is 4.79 Å². The molecule has 1 aliphatic rings. The number of amides is 1. The Kier molecular flexibility index (Phi) is 5.76. The first kappa shape index (κ1) is 17.3. The fourth-order valence-electron chi connectivity index (χ4n) is 2.42. The van der Waals surface area contributed by atoms with Gasteiger partial charge in [-0.15, -0.1) is 11.8 Å². The highest BCUT2D eigenvalue weighted by Crippen LogP contribution is 2.36. The maximum Gasteiger partial charge on any atom is 0.238 e. The third kappa shape index (κ3) is 4.29. The van der Waals surface area contributed by atoms with E-state index in [1.807, 2.05) is 30.3 Å². The molecule has 0 bridgehead atoms. The molecule has 2 aromatic rings. The highest BCUT2D eigenvalue weighted by atomic mass is 35.5. The Morgan fingerprint density at radius 2 is 2.04 bits per heavy atom. The van der Waals surface area contributed by atoms with Crippen molar-refractivity contribution in [3.05, 3.63) is 64.9 Å². The van der Waals surface area contributed by atoms with Crippen LogP contribution in [0.1, 0.15) is 10.8 Å². The molecule has 126 valence electrons. The molecule has 1 amide bonds. The van der Waals surface area contributed by atoms with Gasteiger partial charge >= 0.3 is 0 Å². The van der Waals surface area contributed by atoms with Gasteiger partial charge in [0.2, 0.25) is 5.91 Å². The molecule has 1 unspecified atom stereocenters. The molecule has 1 fully saturated rings. The molecule has 1 saturated heterocycles. The molecule has 3 rings (SSSR count). The first-order chi connectivity index (χ1) is 11.6. The van der Waals surface area contributed by atoms with Crippen molar-refractivity contribution >= 4 is 29.3 Å². The number of rotatable bonds is 6. The summed E-state index contributed by atoms with van der Waals surface area (Å²) < 4.78 is 13.3. The Balaban J connectivity index is 1.76. The van der Waals surface area contributed by atoms with Crippen molar-refractivity contribution in [2.45, 2.75) is 10.1 Å². The second kappa shape index (κ2) is 8.01. The van der Waals surface area contributed by atoms with Gasteiger partial charge in [-0.2, -0.15) is 0 Å². The molecule has 0 spiro atoms. The first-order valence-corrected chi connectivity index (χ1v) is 9.04. The maximum absolute atomic E-state index is 13.3. The number of carbonyl (C=O) groups excluding carboxylic acids is 1. The lowest BCUT2D eigenvalue weighted by atomic mass is 10.0. The van der Waals surface area contributed by atoms with E-state index in [1.54, 1.807) is 12.1 Å². The van der Waals surface area contributed by atoms with Crippen LogP contribution >= 0.6 is 23.4 Å². The van der Waals surface area contributed by atoms with E-state index in [0.29, 0.717) is 12.5 Å². The van der Waals surface area contributed by atoms with Crippen LogP contribution < -0.4 is 10.6 Å². The molecular weight excluding hydrogens is 347 g/mol. The van der Waals surface area contributed by atoms with Crippen LogP contribution in [-0.4, -0.2) is 25.5 Å². The lowest BCUT2D eigenvalue weighted by Crippen LogP contribution is -2.48. The third-order valence-corrected chi connectivity index (χ3v) is 5.45. The van der Waals surface area contributed by atoms with Crippen molar-refractivity contribution in [3.8, 4) is 0 Å². The summed E-state index contributed by atoms with van der Waals surface area (Å²) in [7, 11) is 0. The van der Waals surface area contributed by atoms with Crippen LogP contribution in [0.4, 0.5) is 4.39 Å². The lowest BCUT2D eigenvalue weighted by molar-refractivity contribution is -0.120. The van der Waals surface area contributed by atoms with Crippen molar-refractivity contribution in [2.24, 2.45) is 5.92 Å². The largest absolute Gasteiger partial charge is 0.354 e. The lowest BCUT2D eigenvalue weighted by Gasteiger charge is -2.28. The average Bonchev–Trinajstić information content (AvgIpc) is 2.55. The zero-order valence-electron chi connectivity index (χ0n) is 13.0. The van der Waals surface area contributed by atoms with Gasteiger partial charge in [0.05, 0.1) is 5.02 Å². The fraction of sp³-hybridized carbons (Fsp3) is 0.278. The molecule has 1 atom stereocenters. The number of hydrogen-bond acceptors (Lipinski definition) is 3. The molecule has 1 aliphatic heterocycles. The summed E-state index contributed by atoms with van der Waals surface area (Å²) in [4.78, 5) is 13.4. The molecule has 0 aliphatic carbocycles. The quantitative estimate of drug-likeness (QED) is 0.769. The summed E-state index contributed by atoms with van der Waals surface area (Å²) in [5.74, 6) is -0.00611. The first-order valence-electron chi connectivity index (χ1n) is 7.78. The molecular formula is C18H18ClFN2OS. The molecule has 24 heavy (non-hydrogen) atoms. The Labute approximate surface area is 150 Å². The molecule has 2 N–H and O–H groups in total. The zero-order valence-corrected chi connectivity index (χ0v) is 14.5. The average molecular weight is 365 g/mol. The van der Waals surface area contributed by atoms with Gasteiger partial charge in [0.1, 0.15) is 11.1 Å². The maximum atomic E-state index is 13.3. The van der Waals surface area contributed by atoms with Gasteiger partial charge in [0, 0.05) is 30.4 Å². The SMILES string of the molecule is O=C(NCC1CNC1)C(Sc1ccc(F)c(Cl)c1)c1ccccc1. The van der Waals surface area contributed by atoms with Gasteiger partial charge in [-0.1, -0.05) is 41.9 Å². The van der Waals surface area contributed by atoms with Gasteiger partial charge in [-0.05, 0) is 23.8 Å². The van der Waals surface area contributed by atoms with Crippen LogP contribution in [0.25, 0.3) is 0 Å². The van der Waals surface area contributed by atoms with Crippen LogP contribution in [0.15, 0.2) is 53.4 Å². The Bertz CT molecular complexity index is 709. The Morgan fingerprint density at radius 1 is 1.29 bits per heavy atom. The van der Waals surface area contributed by atoms with E-state index in [0.717, 1.165) is 23.5 Å². The Morgan fingerprint density at radius 3 is 2.67 bits per heavy atom. The van der Waals surface area contributed by atoms with Gasteiger partial charge in [-0.25, -0.2) is 4.39 Å². The van der Waals surface area contributed by atoms with Crippen LogP contribution in [0.3, 0.4) is 0 Å². The van der Waals surface area contributed by atoms with Crippen molar-refractivity contribution < 1.29 is 9.18 Å². The van der Waals surface area contributed by atoms with E-state index < -0.39 is 11.1 Å². The minimum absolute atomic E-state index is 0.0430. The minimum Gasteiger partial charge on any atom is -0.354 e. The third-order valence-electron chi connectivity index (χ3n) is 3.92. The topological polar surface area (TPSA) is 41.1 Å². The van der Waals surface area contributed by atoms with E-state index >= 15 is 0 Å². The summed E-state index contributed by atoms with van der Waals surface area (Å²) in [6, 6.07) is 14.1. The van der Waals surface area contributed by atoms with Gasteiger partial charge in [0.25, 0.3) is 0 Å². The van der Waals surface area contributed by atoms with Crippen molar-refractivity contribution in [1.82, 2.24) is 10.6 Å². The van der Waals surface area contributed by atoms with Crippen molar-refractivity contribution in [3.63, 3.8) is 0 Å². The minimum atomic E-state index is -0.459. The van der Waals surface area contributed by atoms with E-state index in [1.165, 1.54) is 17.8 Å². The van der Waals surface area contributed by atoms with Crippen molar-refractivity contribution in [1.29, 1.82) is 0 Å². The second-order valence-corrected chi connectivity index (χ2v) is 7.34. The molecule has 3 nitrogen and oxygen atoms in total. The highest BCUT2D eigenvalue weighted by Gasteiger charge is 2.24. The molecule has 0 aromatic heterocycles. The normalized spacial score (nSPS) is 15.6. The van der Waals surface area contributed by atoms with E-state index in [4.69, 9.17) is 11.6 Å². The number of hydrogen-bond donors (Lipinski definition) is 2. The second-order valence-electron chi connectivity index (χ2n) is 5.75. The number of halogens is 2. The molecule has 0 radical (unpaired) electrons. The summed E-state index contributed by atoms with van der Waals surface area (Å²) >= 11 is 7.23. The van der Waals surface area contributed by atoms with E-state index in [9.17, 15) is 9.18 Å². The summed E-state index contributed by atoms with van der Waals surface area (Å²) in [5.41, 5.74) is 0.909. The molecule has 6 heteroatoms. The van der Waals surface area contributed by atoms with Crippen molar-refractivity contribution in [2.75, 3.05) is 19.6 Å².